The van der Waals surface area contributed by atoms with Crippen molar-refractivity contribution < 1.29 is 14.3 Å². The van der Waals surface area contributed by atoms with Gasteiger partial charge in [-0.15, -0.1) is 0 Å². The zero-order valence-electron chi connectivity index (χ0n) is 17.1. The first kappa shape index (κ1) is 18.2. The fourth-order valence-electron chi connectivity index (χ4n) is 7.42. The summed E-state index contributed by atoms with van der Waals surface area (Å²) in [5.41, 5.74) is 4.28. The Morgan fingerprint density at radius 2 is 1.90 bits per heavy atom. The van der Waals surface area contributed by atoms with E-state index >= 15 is 0 Å². The molecule has 29 heavy (non-hydrogen) atoms. The van der Waals surface area contributed by atoms with E-state index in [1.54, 1.807) is 5.57 Å². The van der Waals surface area contributed by atoms with Crippen LogP contribution in [0.25, 0.3) is 6.08 Å². The number of aromatic amines is 1. The first-order chi connectivity index (χ1) is 14.3. The molecule has 7 atom stereocenters. The minimum atomic E-state index is -0.312. The van der Waals surface area contributed by atoms with E-state index < -0.39 is 0 Å². The maximum Gasteiger partial charge on any atom is 0.335 e. The highest BCUT2D eigenvalue weighted by Gasteiger charge is 2.51. The standard InChI is InChI=1S/C24H32N2O3/c27-24(23-3-1-2-10-28-23)29-22-9-8-17-16-5-4-14-12-21-15(13-25-26-21)11-20(14)18(16)6-7-19(17)22/h12-13,16-20,22-23H,1-11H2,(H,25,26). The van der Waals surface area contributed by atoms with Crippen LogP contribution in [-0.4, -0.2) is 35.0 Å². The normalized spacial score (nSPS) is 40.8. The van der Waals surface area contributed by atoms with E-state index in [1.165, 1.54) is 43.4 Å². The van der Waals surface area contributed by atoms with Crippen LogP contribution in [0.3, 0.4) is 0 Å². The molecule has 1 aromatic heterocycles. The van der Waals surface area contributed by atoms with Crippen LogP contribution in [0.5, 0.6) is 0 Å². The lowest BCUT2D eigenvalue weighted by atomic mass is 9.56. The molecule has 5 heteroatoms. The lowest BCUT2D eigenvalue weighted by Crippen LogP contribution is -2.43. The molecule has 4 fully saturated rings. The average Bonchev–Trinajstić information content (AvgIpc) is 3.39. The molecule has 0 aromatic carbocycles. The molecular formula is C24H32N2O3. The number of carbonyl (C=O) groups excluding carboxylic acids is 1. The van der Waals surface area contributed by atoms with Gasteiger partial charge in [0, 0.05) is 6.61 Å². The number of hydrogen-bond acceptors (Lipinski definition) is 4. The number of nitrogens with one attached hydrogen (secondary N) is 1. The largest absolute Gasteiger partial charge is 0.460 e. The van der Waals surface area contributed by atoms with Crippen molar-refractivity contribution in [2.45, 2.75) is 76.4 Å². The van der Waals surface area contributed by atoms with Crippen LogP contribution in [-0.2, 0) is 20.7 Å². The van der Waals surface area contributed by atoms with Crippen molar-refractivity contribution in [2.24, 2.45) is 29.6 Å². The van der Waals surface area contributed by atoms with Gasteiger partial charge in [-0.25, -0.2) is 4.79 Å². The molecule has 1 saturated heterocycles. The van der Waals surface area contributed by atoms with Crippen LogP contribution in [0, 0.1) is 29.6 Å². The minimum Gasteiger partial charge on any atom is -0.460 e. The maximum absolute atomic E-state index is 12.6. The number of esters is 1. The van der Waals surface area contributed by atoms with Crippen LogP contribution in [0.4, 0.5) is 0 Å². The minimum absolute atomic E-state index is 0.0916. The third kappa shape index (κ3) is 3.08. The van der Waals surface area contributed by atoms with E-state index in [4.69, 9.17) is 9.47 Å². The van der Waals surface area contributed by atoms with E-state index in [0.717, 1.165) is 49.9 Å². The zero-order chi connectivity index (χ0) is 19.4. The van der Waals surface area contributed by atoms with Crippen molar-refractivity contribution >= 4 is 12.0 Å². The van der Waals surface area contributed by atoms with Gasteiger partial charge in [-0.1, -0.05) is 5.57 Å². The maximum atomic E-state index is 12.6. The molecule has 3 saturated carbocycles. The second kappa shape index (κ2) is 7.26. The van der Waals surface area contributed by atoms with Crippen molar-refractivity contribution in [3.8, 4) is 0 Å². The van der Waals surface area contributed by atoms with Gasteiger partial charge >= 0.3 is 5.97 Å². The molecule has 6 rings (SSSR count). The molecule has 5 aliphatic rings. The third-order valence-corrected chi connectivity index (χ3v) is 8.74. The Bertz CT molecular complexity index is 809. The van der Waals surface area contributed by atoms with Crippen LogP contribution >= 0.6 is 0 Å². The van der Waals surface area contributed by atoms with Crippen molar-refractivity contribution in [1.82, 2.24) is 10.2 Å². The Morgan fingerprint density at radius 3 is 2.79 bits per heavy atom. The van der Waals surface area contributed by atoms with Gasteiger partial charge in [0.2, 0.25) is 0 Å². The lowest BCUT2D eigenvalue weighted by Gasteiger charge is -2.49. The fourth-order valence-corrected chi connectivity index (χ4v) is 7.42. The number of nitrogens with zero attached hydrogens (tertiary/aromatic N) is 1. The zero-order valence-corrected chi connectivity index (χ0v) is 17.1. The predicted octanol–water partition coefficient (Wildman–Crippen LogP) is 4.29. The second-order valence-electron chi connectivity index (χ2n) is 10.0. The molecule has 5 nitrogen and oxygen atoms in total. The number of aromatic nitrogens is 2. The Labute approximate surface area is 172 Å². The van der Waals surface area contributed by atoms with Gasteiger partial charge in [0.05, 0.1) is 11.9 Å². The summed E-state index contributed by atoms with van der Waals surface area (Å²) < 4.78 is 11.7. The van der Waals surface area contributed by atoms with Crippen LogP contribution < -0.4 is 0 Å². The van der Waals surface area contributed by atoms with Crippen molar-refractivity contribution in [2.75, 3.05) is 6.61 Å². The Kier molecular flexibility index (Phi) is 4.55. The fraction of sp³-hybridized carbons (Fsp3) is 0.750. The van der Waals surface area contributed by atoms with Gasteiger partial charge in [0.15, 0.2) is 6.10 Å². The van der Waals surface area contributed by atoms with E-state index in [2.05, 4.69) is 16.3 Å². The Hall–Kier alpha value is -1.62. The summed E-state index contributed by atoms with van der Waals surface area (Å²) in [4.78, 5) is 12.6. The number of allylic oxidation sites excluding steroid dienone is 1. The van der Waals surface area contributed by atoms with Crippen LogP contribution in [0.1, 0.15) is 69.0 Å². The Balaban J connectivity index is 1.15. The predicted molar refractivity (Wildman–Crippen MR) is 109 cm³/mol. The second-order valence-corrected chi connectivity index (χ2v) is 10.0. The van der Waals surface area contributed by atoms with Gasteiger partial charge in [0.25, 0.3) is 0 Å². The molecular weight excluding hydrogens is 364 g/mol. The first-order valence-corrected chi connectivity index (χ1v) is 11.8. The highest BCUT2D eigenvalue weighted by Crippen LogP contribution is 2.57. The molecule has 0 bridgehead atoms. The smallest absolute Gasteiger partial charge is 0.335 e. The number of rotatable bonds is 2. The summed E-state index contributed by atoms with van der Waals surface area (Å²) in [5, 5.41) is 7.43. The first-order valence-electron chi connectivity index (χ1n) is 11.8. The summed E-state index contributed by atoms with van der Waals surface area (Å²) in [5.74, 6) is 3.53. The highest BCUT2D eigenvalue weighted by molar-refractivity contribution is 5.75. The SMILES string of the molecule is O=C(OC1CCC2C1CCC1C3Cc4cn[nH]c4C=C3CCC12)C1CCCCO1. The monoisotopic (exact) mass is 396 g/mol. The molecule has 0 amide bonds. The number of H-pyrrole nitrogens is 1. The van der Waals surface area contributed by atoms with Gasteiger partial charge in [-0.05, 0) is 105 Å². The average molecular weight is 397 g/mol. The summed E-state index contributed by atoms with van der Waals surface area (Å²) in [6.45, 7) is 0.704. The van der Waals surface area contributed by atoms with Crippen molar-refractivity contribution in [3.63, 3.8) is 0 Å². The molecule has 1 aliphatic heterocycles. The topological polar surface area (TPSA) is 64.2 Å². The number of carbonyl (C=O) groups is 1. The number of hydrogen-bond donors (Lipinski definition) is 1. The number of fused-ring (bicyclic) bond motifs is 6. The van der Waals surface area contributed by atoms with Gasteiger partial charge < -0.3 is 9.47 Å². The van der Waals surface area contributed by atoms with Crippen molar-refractivity contribution in [3.05, 3.63) is 23.0 Å². The molecule has 2 heterocycles. The molecule has 1 aromatic rings. The van der Waals surface area contributed by atoms with Gasteiger partial charge in [0.1, 0.15) is 6.10 Å². The van der Waals surface area contributed by atoms with E-state index in [0.29, 0.717) is 18.4 Å². The van der Waals surface area contributed by atoms with E-state index in [1.807, 2.05) is 6.20 Å². The molecule has 1 N–H and O–H groups in total. The van der Waals surface area contributed by atoms with Crippen molar-refractivity contribution in [1.29, 1.82) is 0 Å². The molecule has 4 aliphatic carbocycles. The quantitative estimate of drug-likeness (QED) is 0.758. The molecule has 0 radical (unpaired) electrons. The Morgan fingerprint density at radius 1 is 1.03 bits per heavy atom. The van der Waals surface area contributed by atoms with Gasteiger partial charge in [-0.3, -0.25) is 5.10 Å². The highest BCUT2D eigenvalue weighted by atomic mass is 16.6. The van der Waals surface area contributed by atoms with Gasteiger partial charge in [-0.2, -0.15) is 5.10 Å². The van der Waals surface area contributed by atoms with E-state index in [-0.39, 0.29) is 18.2 Å². The molecule has 0 spiro atoms. The third-order valence-electron chi connectivity index (χ3n) is 8.74. The number of ether oxygens (including phenoxy) is 2. The summed E-state index contributed by atoms with van der Waals surface area (Å²) in [6.07, 6.45) is 15.7. The van der Waals surface area contributed by atoms with Crippen LogP contribution in [0.15, 0.2) is 11.8 Å². The van der Waals surface area contributed by atoms with E-state index in [9.17, 15) is 4.79 Å². The molecule has 156 valence electrons. The summed E-state index contributed by atoms with van der Waals surface area (Å²) in [7, 11) is 0. The van der Waals surface area contributed by atoms with Crippen LogP contribution in [0.2, 0.25) is 0 Å². The summed E-state index contributed by atoms with van der Waals surface area (Å²) >= 11 is 0. The summed E-state index contributed by atoms with van der Waals surface area (Å²) in [6, 6.07) is 0. The molecule has 7 unspecified atom stereocenters. The lowest BCUT2D eigenvalue weighted by molar-refractivity contribution is -0.168.